The summed E-state index contributed by atoms with van der Waals surface area (Å²) in [5.41, 5.74) is 1.89. The molecule has 0 atom stereocenters. The van der Waals surface area contributed by atoms with E-state index in [4.69, 9.17) is 5.26 Å². The van der Waals surface area contributed by atoms with E-state index >= 15 is 0 Å². The molecule has 1 aliphatic heterocycles. The van der Waals surface area contributed by atoms with Crippen molar-refractivity contribution in [1.29, 1.82) is 5.26 Å². The first kappa shape index (κ1) is 16.0. The van der Waals surface area contributed by atoms with Crippen LogP contribution in [-0.2, 0) is 4.79 Å². The SMILES string of the molecule is CC(C)c1ccc(C(=O)N2CCN(C(=O)CC#N)CC2)cc1. The maximum absolute atomic E-state index is 12.5. The van der Waals surface area contributed by atoms with Crippen LogP contribution in [0, 0.1) is 11.3 Å². The molecule has 2 amide bonds. The highest BCUT2D eigenvalue weighted by Crippen LogP contribution is 2.16. The van der Waals surface area contributed by atoms with Gasteiger partial charge in [0.05, 0.1) is 6.07 Å². The summed E-state index contributed by atoms with van der Waals surface area (Å²) in [6.45, 7) is 6.26. The van der Waals surface area contributed by atoms with Crippen LogP contribution in [0.25, 0.3) is 0 Å². The van der Waals surface area contributed by atoms with Gasteiger partial charge in [0.1, 0.15) is 6.42 Å². The summed E-state index contributed by atoms with van der Waals surface area (Å²) in [7, 11) is 0. The van der Waals surface area contributed by atoms with Crippen molar-refractivity contribution in [3.63, 3.8) is 0 Å². The first-order chi connectivity index (χ1) is 10.5. The Bertz CT molecular complexity index is 579. The monoisotopic (exact) mass is 299 g/mol. The third kappa shape index (κ3) is 3.64. The summed E-state index contributed by atoms with van der Waals surface area (Å²) in [5.74, 6) is 0.289. The van der Waals surface area contributed by atoms with Gasteiger partial charge in [-0.3, -0.25) is 9.59 Å². The van der Waals surface area contributed by atoms with Gasteiger partial charge in [0.2, 0.25) is 5.91 Å². The van der Waals surface area contributed by atoms with E-state index in [0.717, 1.165) is 0 Å². The molecule has 2 rings (SSSR count). The Morgan fingerprint density at radius 2 is 1.64 bits per heavy atom. The van der Waals surface area contributed by atoms with Crippen LogP contribution in [0.3, 0.4) is 0 Å². The van der Waals surface area contributed by atoms with E-state index in [1.165, 1.54) is 5.56 Å². The lowest BCUT2D eigenvalue weighted by atomic mass is 10.0. The molecule has 116 valence electrons. The van der Waals surface area contributed by atoms with Crippen molar-refractivity contribution in [3.05, 3.63) is 35.4 Å². The third-order valence-electron chi connectivity index (χ3n) is 3.97. The Hall–Kier alpha value is -2.35. The van der Waals surface area contributed by atoms with Crippen LogP contribution in [0.4, 0.5) is 0 Å². The highest BCUT2D eigenvalue weighted by Gasteiger charge is 2.24. The molecule has 1 aliphatic rings. The summed E-state index contributed by atoms with van der Waals surface area (Å²) in [4.78, 5) is 27.5. The lowest BCUT2D eigenvalue weighted by molar-refractivity contribution is -0.131. The maximum Gasteiger partial charge on any atom is 0.253 e. The van der Waals surface area contributed by atoms with E-state index in [-0.39, 0.29) is 18.2 Å². The quantitative estimate of drug-likeness (QED) is 0.857. The van der Waals surface area contributed by atoms with Gasteiger partial charge < -0.3 is 9.80 Å². The minimum atomic E-state index is -0.157. The van der Waals surface area contributed by atoms with Crippen molar-refractivity contribution in [2.75, 3.05) is 26.2 Å². The maximum atomic E-state index is 12.5. The fourth-order valence-corrected chi connectivity index (χ4v) is 2.53. The molecule has 1 aromatic carbocycles. The Morgan fingerprint density at radius 1 is 1.09 bits per heavy atom. The molecule has 5 heteroatoms. The zero-order valence-electron chi connectivity index (χ0n) is 13.1. The summed E-state index contributed by atoms with van der Waals surface area (Å²) >= 11 is 0. The van der Waals surface area contributed by atoms with E-state index in [9.17, 15) is 9.59 Å². The van der Waals surface area contributed by atoms with E-state index in [1.807, 2.05) is 30.3 Å². The first-order valence-electron chi connectivity index (χ1n) is 7.57. The molecule has 0 N–H and O–H groups in total. The highest BCUT2D eigenvalue weighted by atomic mass is 16.2. The largest absolute Gasteiger partial charge is 0.338 e. The minimum absolute atomic E-state index is 0.00249. The van der Waals surface area contributed by atoms with Gasteiger partial charge in [-0.2, -0.15) is 5.26 Å². The van der Waals surface area contributed by atoms with Crippen molar-refractivity contribution in [2.24, 2.45) is 0 Å². The normalized spacial score (nSPS) is 14.8. The number of amides is 2. The number of nitrogens with zero attached hydrogens (tertiary/aromatic N) is 3. The zero-order chi connectivity index (χ0) is 16.1. The topological polar surface area (TPSA) is 64.4 Å². The van der Waals surface area contributed by atoms with Crippen LogP contribution in [0.1, 0.15) is 42.1 Å². The number of benzene rings is 1. The zero-order valence-corrected chi connectivity index (χ0v) is 13.1. The van der Waals surface area contributed by atoms with Crippen LogP contribution in [0.2, 0.25) is 0 Å². The molecule has 1 aromatic rings. The van der Waals surface area contributed by atoms with Crippen LogP contribution in [0.15, 0.2) is 24.3 Å². The van der Waals surface area contributed by atoms with Crippen molar-refractivity contribution in [3.8, 4) is 6.07 Å². The third-order valence-corrected chi connectivity index (χ3v) is 3.97. The van der Waals surface area contributed by atoms with Crippen molar-refractivity contribution >= 4 is 11.8 Å². The van der Waals surface area contributed by atoms with Crippen LogP contribution in [0.5, 0.6) is 0 Å². The molecule has 0 unspecified atom stereocenters. The summed E-state index contributed by atoms with van der Waals surface area (Å²) in [6.07, 6.45) is -0.0926. The average Bonchev–Trinajstić information content (AvgIpc) is 2.54. The number of hydrogen-bond acceptors (Lipinski definition) is 3. The summed E-state index contributed by atoms with van der Waals surface area (Å²) < 4.78 is 0. The Kier molecular flexibility index (Phi) is 5.16. The number of piperazine rings is 1. The van der Waals surface area contributed by atoms with Gasteiger partial charge in [0.15, 0.2) is 0 Å². The van der Waals surface area contributed by atoms with Crippen LogP contribution < -0.4 is 0 Å². The Balaban J connectivity index is 1.95. The lowest BCUT2D eigenvalue weighted by Gasteiger charge is -2.34. The second-order valence-corrected chi connectivity index (χ2v) is 5.78. The molecule has 0 saturated carbocycles. The van der Waals surface area contributed by atoms with E-state index < -0.39 is 0 Å². The molecule has 0 spiro atoms. The molecule has 0 aromatic heterocycles. The molecule has 22 heavy (non-hydrogen) atoms. The second-order valence-electron chi connectivity index (χ2n) is 5.78. The predicted molar refractivity (Wildman–Crippen MR) is 83.2 cm³/mol. The molecular formula is C17H21N3O2. The van der Waals surface area contributed by atoms with Crippen molar-refractivity contribution in [2.45, 2.75) is 26.2 Å². The van der Waals surface area contributed by atoms with Crippen LogP contribution >= 0.6 is 0 Å². The standard InChI is InChI=1S/C17H21N3O2/c1-13(2)14-3-5-15(6-4-14)17(22)20-11-9-19(10-12-20)16(21)7-8-18/h3-6,13H,7,9-12H2,1-2H3. The van der Waals surface area contributed by atoms with Gasteiger partial charge in [-0.1, -0.05) is 26.0 Å². The first-order valence-corrected chi connectivity index (χ1v) is 7.57. The number of rotatable bonds is 3. The molecule has 5 nitrogen and oxygen atoms in total. The molecule has 1 fully saturated rings. The van der Waals surface area contributed by atoms with Crippen molar-refractivity contribution in [1.82, 2.24) is 9.80 Å². The molecule has 0 radical (unpaired) electrons. The molecule has 1 heterocycles. The van der Waals surface area contributed by atoms with Gasteiger partial charge in [0, 0.05) is 31.7 Å². The second kappa shape index (κ2) is 7.08. The summed E-state index contributed by atoms with van der Waals surface area (Å²) in [5, 5.41) is 8.56. The van der Waals surface area contributed by atoms with E-state index in [0.29, 0.717) is 37.7 Å². The van der Waals surface area contributed by atoms with E-state index in [1.54, 1.807) is 9.80 Å². The smallest absolute Gasteiger partial charge is 0.253 e. The van der Waals surface area contributed by atoms with Gasteiger partial charge in [-0.25, -0.2) is 0 Å². The lowest BCUT2D eigenvalue weighted by Crippen LogP contribution is -2.50. The summed E-state index contributed by atoms with van der Waals surface area (Å²) in [6, 6.07) is 9.58. The molecule has 0 bridgehead atoms. The number of nitriles is 1. The van der Waals surface area contributed by atoms with E-state index in [2.05, 4.69) is 13.8 Å². The minimum Gasteiger partial charge on any atom is -0.338 e. The molecule has 1 saturated heterocycles. The molecule has 0 aliphatic carbocycles. The Morgan fingerprint density at radius 3 is 2.14 bits per heavy atom. The Labute approximate surface area is 131 Å². The molecular weight excluding hydrogens is 278 g/mol. The van der Waals surface area contributed by atoms with Crippen LogP contribution in [-0.4, -0.2) is 47.8 Å². The van der Waals surface area contributed by atoms with Crippen molar-refractivity contribution < 1.29 is 9.59 Å². The fourth-order valence-electron chi connectivity index (χ4n) is 2.53. The highest BCUT2D eigenvalue weighted by molar-refractivity contribution is 5.94. The van der Waals surface area contributed by atoms with Gasteiger partial charge in [-0.15, -0.1) is 0 Å². The fraction of sp³-hybridized carbons (Fsp3) is 0.471. The van der Waals surface area contributed by atoms with Gasteiger partial charge in [0.25, 0.3) is 5.91 Å². The number of carbonyl (C=O) groups excluding carboxylic acids is 2. The predicted octanol–water partition coefficient (Wildman–Crippen LogP) is 2.01. The average molecular weight is 299 g/mol. The number of carbonyl (C=O) groups is 2. The van der Waals surface area contributed by atoms with Gasteiger partial charge >= 0.3 is 0 Å². The number of hydrogen-bond donors (Lipinski definition) is 0. The van der Waals surface area contributed by atoms with Gasteiger partial charge in [-0.05, 0) is 23.6 Å².